The first-order chi connectivity index (χ1) is 13.6. The summed E-state index contributed by atoms with van der Waals surface area (Å²) >= 11 is 0. The van der Waals surface area contributed by atoms with Crippen molar-refractivity contribution in [1.82, 2.24) is 19.3 Å². The summed E-state index contributed by atoms with van der Waals surface area (Å²) < 4.78 is 16.8. The highest BCUT2D eigenvalue weighted by atomic mass is 19.1. The molecule has 0 aliphatic heterocycles. The number of aromatic nitrogens is 4. The number of hydrogen-bond donors (Lipinski definition) is 0. The van der Waals surface area contributed by atoms with E-state index in [4.69, 9.17) is 0 Å². The number of halogens is 1. The Balaban J connectivity index is 1.37. The highest BCUT2D eigenvalue weighted by Crippen LogP contribution is 2.55. The monoisotopic (exact) mass is 378 g/mol. The lowest BCUT2D eigenvalue weighted by Crippen LogP contribution is -2.42. The molecule has 6 nitrogen and oxygen atoms in total. The van der Waals surface area contributed by atoms with Crippen molar-refractivity contribution < 1.29 is 4.39 Å². The molecule has 5 rings (SSSR count). The highest BCUT2D eigenvalue weighted by Gasteiger charge is 2.46. The summed E-state index contributed by atoms with van der Waals surface area (Å²) in [4.78, 5) is 25.0. The standard InChI is InChI=1S/C21H19FN4O2/c22-18-4-2-1-3-17(18)19-6-5-15(23-24-19)12-25-7-8-26(21(28)20(25)27)16-10-13-9-14(13)11-16/h1-8,13-14,16H,9-12H2. The van der Waals surface area contributed by atoms with Gasteiger partial charge in [-0.15, -0.1) is 0 Å². The zero-order valence-electron chi connectivity index (χ0n) is 15.2. The molecule has 2 atom stereocenters. The number of fused-ring (bicyclic) bond motifs is 1. The molecule has 0 amide bonds. The fourth-order valence-electron chi connectivity index (χ4n) is 4.27. The van der Waals surface area contributed by atoms with Crippen LogP contribution in [0.2, 0.25) is 0 Å². The van der Waals surface area contributed by atoms with Gasteiger partial charge in [0.2, 0.25) is 0 Å². The van der Waals surface area contributed by atoms with Crippen LogP contribution in [0.5, 0.6) is 0 Å². The van der Waals surface area contributed by atoms with E-state index in [1.807, 2.05) is 0 Å². The van der Waals surface area contributed by atoms with Crippen molar-refractivity contribution in [2.75, 3.05) is 0 Å². The predicted octanol–water partition coefficient (Wildman–Crippen LogP) is 2.63. The van der Waals surface area contributed by atoms with Crippen molar-refractivity contribution in [3.8, 4) is 11.3 Å². The van der Waals surface area contributed by atoms with Gasteiger partial charge in [-0.2, -0.15) is 10.2 Å². The topological polar surface area (TPSA) is 69.8 Å². The second-order valence-corrected chi connectivity index (χ2v) is 7.71. The Morgan fingerprint density at radius 1 is 0.929 bits per heavy atom. The van der Waals surface area contributed by atoms with Crippen molar-refractivity contribution >= 4 is 0 Å². The van der Waals surface area contributed by atoms with Gasteiger partial charge in [-0.25, -0.2) is 4.39 Å². The van der Waals surface area contributed by atoms with Crippen LogP contribution < -0.4 is 11.1 Å². The summed E-state index contributed by atoms with van der Waals surface area (Å²) in [5.41, 5.74) is 0.287. The molecule has 3 aromatic rings. The molecular formula is C21H19FN4O2. The minimum absolute atomic E-state index is 0.148. The van der Waals surface area contributed by atoms with Gasteiger partial charge in [0.1, 0.15) is 5.82 Å². The molecule has 2 aliphatic rings. The van der Waals surface area contributed by atoms with E-state index in [0.29, 0.717) is 17.0 Å². The van der Waals surface area contributed by atoms with Gasteiger partial charge in [0.25, 0.3) is 0 Å². The molecule has 0 bridgehead atoms. The van der Waals surface area contributed by atoms with E-state index in [-0.39, 0.29) is 18.4 Å². The zero-order valence-corrected chi connectivity index (χ0v) is 15.2. The fourth-order valence-corrected chi connectivity index (χ4v) is 4.27. The Hall–Kier alpha value is -3.09. The second kappa shape index (κ2) is 6.51. The number of nitrogens with zero attached hydrogens (tertiary/aromatic N) is 4. The van der Waals surface area contributed by atoms with Crippen LogP contribution in [-0.4, -0.2) is 19.3 Å². The average molecular weight is 378 g/mol. The molecule has 0 N–H and O–H groups in total. The van der Waals surface area contributed by atoms with E-state index in [2.05, 4.69) is 10.2 Å². The van der Waals surface area contributed by atoms with Gasteiger partial charge in [-0.05, 0) is 55.4 Å². The summed E-state index contributed by atoms with van der Waals surface area (Å²) in [5, 5.41) is 8.16. The SMILES string of the molecule is O=c1c(=O)n(C2CC3CC3C2)ccn1Cc1ccc(-c2ccccc2F)nn1. The molecular weight excluding hydrogens is 359 g/mol. The first kappa shape index (κ1) is 17.0. The van der Waals surface area contributed by atoms with E-state index in [9.17, 15) is 14.0 Å². The van der Waals surface area contributed by atoms with Crippen molar-refractivity contribution in [1.29, 1.82) is 0 Å². The lowest BCUT2D eigenvalue weighted by atomic mass is 10.1. The Bertz CT molecular complexity index is 1140. The van der Waals surface area contributed by atoms with Crippen molar-refractivity contribution in [2.45, 2.75) is 31.8 Å². The van der Waals surface area contributed by atoms with E-state index in [1.165, 1.54) is 17.1 Å². The summed E-state index contributed by atoms with van der Waals surface area (Å²) in [6.07, 6.45) is 6.61. The molecule has 2 unspecified atom stereocenters. The highest BCUT2D eigenvalue weighted by molar-refractivity contribution is 5.58. The van der Waals surface area contributed by atoms with E-state index >= 15 is 0 Å². The number of benzene rings is 1. The van der Waals surface area contributed by atoms with Crippen LogP contribution in [0.1, 0.15) is 31.0 Å². The lowest BCUT2D eigenvalue weighted by Gasteiger charge is -2.16. The molecule has 2 saturated carbocycles. The third-order valence-corrected chi connectivity index (χ3v) is 5.90. The van der Waals surface area contributed by atoms with Gasteiger partial charge >= 0.3 is 11.1 Å². The van der Waals surface area contributed by atoms with Crippen LogP contribution in [0.3, 0.4) is 0 Å². The molecule has 0 saturated heterocycles. The van der Waals surface area contributed by atoms with Gasteiger partial charge in [0.05, 0.1) is 17.9 Å². The Kier molecular flexibility index (Phi) is 3.96. The molecule has 1 aromatic carbocycles. The van der Waals surface area contributed by atoms with Gasteiger partial charge in [0.15, 0.2) is 0 Å². The molecule has 2 aromatic heterocycles. The normalized spacial score (nSPS) is 22.8. The van der Waals surface area contributed by atoms with Crippen LogP contribution in [0, 0.1) is 17.7 Å². The van der Waals surface area contributed by atoms with Crippen molar-refractivity contribution in [3.63, 3.8) is 0 Å². The molecule has 0 radical (unpaired) electrons. The smallest absolute Gasteiger partial charge is 0.306 e. The Labute approximate surface area is 160 Å². The Morgan fingerprint density at radius 3 is 2.43 bits per heavy atom. The van der Waals surface area contributed by atoms with Crippen LogP contribution in [0.25, 0.3) is 11.3 Å². The van der Waals surface area contributed by atoms with Gasteiger partial charge in [0, 0.05) is 24.0 Å². The summed E-state index contributed by atoms with van der Waals surface area (Å²) in [6, 6.07) is 9.86. The second-order valence-electron chi connectivity index (χ2n) is 7.71. The maximum atomic E-state index is 13.9. The average Bonchev–Trinajstić information content (AvgIpc) is 3.32. The summed E-state index contributed by atoms with van der Waals surface area (Å²) in [7, 11) is 0. The number of hydrogen-bond acceptors (Lipinski definition) is 4. The molecule has 2 aliphatic carbocycles. The van der Waals surface area contributed by atoms with E-state index in [0.717, 1.165) is 24.7 Å². The van der Waals surface area contributed by atoms with Crippen LogP contribution in [-0.2, 0) is 6.54 Å². The molecule has 7 heteroatoms. The van der Waals surface area contributed by atoms with Crippen molar-refractivity contribution in [2.24, 2.45) is 11.8 Å². The first-order valence-corrected chi connectivity index (χ1v) is 9.49. The summed E-state index contributed by atoms with van der Waals surface area (Å²) in [6.45, 7) is 0.148. The van der Waals surface area contributed by atoms with Crippen molar-refractivity contribution in [3.05, 3.63) is 81.0 Å². The predicted molar refractivity (Wildman–Crippen MR) is 101 cm³/mol. The maximum absolute atomic E-state index is 13.9. The van der Waals surface area contributed by atoms with Gasteiger partial charge in [-0.1, -0.05) is 12.1 Å². The fraction of sp³-hybridized carbons (Fsp3) is 0.333. The molecule has 0 spiro atoms. The zero-order chi connectivity index (χ0) is 19.3. The largest absolute Gasteiger partial charge is 0.316 e. The van der Waals surface area contributed by atoms with Crippen LogP contribution in [0.15, 0.2) is 58.4 Å². The molecule has 2 fully saturated rings. The summed E-state index contributed by atoms with van der Waals surface area (Å²) in [5.74, 6) is 1.11. The minimum Gasteiger partial charge on any atom is -0.306 e. The molecule has 28 heavy (non-hydrogen) atoms. The van der Waals surface area contributed by atoms with Gasteiger partial charge in [-0.3, -0.25) is 9.59 Å². The Morgan fingerprint density at radius 2 is 1.71 bits per heavy atom. The maximum Gasteiger partial charge on any atom is 0.316 e. The van der Waals surface area contributed by atoms with Crippen LogP contribution in [0.4, 0.5) is 4.39 Å². The van der Waals surface area contributed by atoms with Crippen LogP contribution >= 0.6 is 0 Å². The lowest BCUT2D eigenvalue weighted by molar-refractivity contribution is 0.445. The van der Waals surface area contributed by atoms with E-state index < -0.39 is 11.1 Å². The first-order valence-electron chi connectivity index (χ1n) is 9.49. The number of rotatable bonds is 4. The third-order valence-electron chi connectivity index (χ3n) is 5.90. The van der Waals surface area contributed by atoms with E-state index in [1.54, 1.807) is 47.3 Å². The molecule has 142 valence electrons. The van der Waals surface area contributed by atoms with Gasteiger partial charge < -0.3 is 9.13 Å². The minimum atomic E-state index is -0.553. The molecule has 2 heterocycles. The third kappa shape index (κ3) is 2.96. The quantitative estimate of drug-likeness (QED) is 0.655.